The minimum absolute atomic E-state index is 0.0790. The highest BCUT2D eigenvalue weighted by molar-refractivity contribution is 6.30. The van der Waals surface area contributed by atoms with Gasteiger partial charge in [-0.3, -0.25) is 4.90 Å². The van der Waals surface area contributed by atoms with E-state index in [9.17, 15) is 4.79 Å². The number of hydrogen-bond donors (Lipinski definition) is 0. The van der Waals surface area contributed by atoms with E-state index in [2.05, 4.69) is 16.8 Å². The molecular formula is C16H23ClN2O3. The third-order valence-corrected chi connectivity index (χ3v) is 3.90. The van der Waals surface area contributed by atoms with E-state index in [0.29, 0.717) is 17.4 Å². The Balaban J connectivity index is 1.60. The average molecular weight is 327 g/mol. The molecule has 122 valence electrons. The second-order valence-corrected chi connectivity index (χ2v) is 5.90. The second kappa shape index (κ2) is 8.98. The van der Waals surface area contributed by atoms with Gasteiger partial charge in [0, 0.05) is 24.7 Å². The first-order valence-electron chi connectivity index (χ1n) is 7.58. The Morgan fingerprint density at radius 3 is 2.73 bits per heavy atom. The van der Waals surface area contributed by atoms with Gasteiger partial charge in [0.1, 0.15) is 12.4 Å². The van der Waals surface area contributed by atoms with Crippen LogP contribution in [0.3, 0.4) is 0 Å². The smallest absolute Gasteiger partial charge is 0.344 e. The van der Waals surface area contributed by atoms with Crippen molar-refractivity contribution in [3.05, 3.63) is 29.3 Å². The Bertz CT molecular complexity index is 467. The first-order chi connectivity index (χ1) is 10.6. The molecular weight excluding hydrogens is 304 g/mol. The predicted octanol–water partition coefficient (Wildman–Crippen LogP) is 1.90. The fourth-order valence-corrected chi connectivity index (χ4v) is 2.45. The molecule has 0 radical (unpaired) electrons. The lowest BCUT2D eigenvalue weighted by Gasteiger charge is -2.19. The number of carbonyl (C=O) groups is 1. The second-order valence-electron chi connectivity index (χ2n) is 5.46. The summed E-state index contributed by atoms with van der Waals surface area (Å²) in [6.07, 6.45) is 1.16. The Morgan fingerprint density at radius 1 is 1.18 bits per heavy atom. The molecule has 5 nitrogen and oxygen atoms in total. The quantitative estimate of drug-likeness (QED) is 0.747. The molecule has 0 aromatic heterocycles. The maximum absolute atomic E-state index is 11.6. The first-order valence-corrected chi connectivity index (χ1v) is 7.96. The molecule has 0 spiro atoms. The molecule has 1 aromatic rings. The van der Waals surface area contributed by atoms with Crippen molar-refractivity contribution in [2.45, 2.75) is 6.42 Å². The third kappa shape index (κ3) is 6.22. The standard InChI is InChI=1S/C16H23ClN2O3/c1-18-7-2-8-19(10-9-18)11-12-21-16(20)13-22-15-5-3-14(17)4-6-15/h3-6H,2,7-13H2,1H3. The molecule has 1 fully saturated rings. The van der Waals surface area contributed by atoms with Gasteiger partial charge in [-0.2, -0.15) is 0 Å². The fourth-order valence-electron chi connectivity index (χ4n) is 2.33. The van der Waals surface area contributed by atoms with Crippen molar-refractivity contribution in [2.75, 3.05) is 53.0 Å². The number of esters is 1. The molecule has 1 saturated heterocycles. The van der Waals surface area contributed by atoms with Gasteiger partial charge in [-0.05, 0) is 50.8 Å². The van der Waals surface area contributed by atoms with Crippen LogP contribution in [0, 0.1) is 0 Å². The fraction of sp³-hybridized carbons (Fsp3) is 0.562. The van der Waals surface area contributed by atoms with Crippen molar-refractivity contribution in [3.8, 4) is 5.75 Å². The number of benzene rings is 1. The van der Waals surface area contributed by atoms with Crippen LogP contribution in [0.1, 0.15) is 6.42 Å². The summed E-state index contributed by atoms with van der Waals surface area (Å²) in [7, 11) is 2.14. The predicted molar refractivity (Wildman–Crippen MR) is 86.5 cm³/mol. The Morgan fingerprint density at radius 2 is 1.95 bits per heavy atom. The lowest BCUT2D eigenvalue weighted by molar-refractivity contribution is -0.146. The molecule has 0 bridgehead atoms. The van der Waals surface area contributed by atoms with E-state index in [-0.39, 0.29) is 12.6 Å². The van der Waals surface area contributed by atoms with Gasteiger partial charge < -0.3 is 14.4 Å². The number of halogens is 1. The van der Waals surface area contributed by atoms with Crippen molar-refractivity contribution in [3.63, 3.8) is 0 Å². The molecule has 6 heteroatoms. The summed E-state index contributed by atoms with van der Waals surface area (Å²) in [6.45, 7) is 5.38. The summed E-state index contributed by atoms with van der Waals surface area (Å²) in [5.41, 5.74) is 0. The minimum Gasteiger partial charge on any atom is -0.482 e. The molecule has 1 aliphatic rings. The zero-order valence-corrected chi connectivity index (χ0v) is 13.7. The molecule has 1 aliphatic heterocycles. The molecule has 0 saturated carbocycles. The maximum atomic E-state index is 11.6. The summed E-state index contributed by atoms with van der Waals surface area (Å²) < 4.78 is 10.6. The van der Waals surface area contributed by atoms with E-state index in [0.717, 1.165) is 39.1 Å². The number of hydrogen-bond acceptors (Lipinski definition) is 5. The topological polar surface area (TPSA) is 42.0 Å². The highest BCUT2D eigenvalue weighted by Crippen LogP contribution is 2.15. The molecule has 0 amide bonds. The van der Waals surface area contributed by atoms with Crippen molar-refractivity contribution >= 4 is 17.6 Å². The van der Waals surface area contributed by atoms with Crippen LogP contribution in [0.4, 0.5) is 0 Å². The highest BCUT2D eigenvalue weighted by atomic mass is 35.5. The van der Waals surface area contributed by atoms with Crippen LogP contribution in [0.2, 0.25) is 5.02 Å². The summed E-state index contributed by atoms with van der Waals surface area (Å²) in [4.78, 5) is 16.3. The average Bonchev–Trinajstić information content (AvgIpc) is 2.71. The molecule has 0 aliphatic carbocycles. The summed E-state index contributed by atoms with van der Waals surface area (Å²) in [5, 5.41) is 0.637. The van der Waals surface area contributed by atoms with Gasteiger partial charge >= 0.3 is 5.97 Å². The van der Waals surface area contributed by atoms with E-state index in [1.165, 1.54) is 0 Å². The normalized spacial score (nSPS) is 17.0. The van der Waals surface area contributed by atoms with E-state index < -0.39 is 0 Å². The monoisotopic (exact) mass is 326 g/mol. The Hall–Kier alpha value is -1.30. The molecule has 1 aromatic carbocycles. The molecule has 1 heterocycles. The third-order valence-electron chi connectivity index (χ3n) is 3.65. The van der Waals surface area contributed by atoms with Gasteiger partial charge in [0.15, 0.2) is 6.61 Å². The van der Waals surface area contributed by atoms with Crippen molar-refractivity contribution in [2.24, 2.45) is 0 Å². The molecule has 0 N–H and O–H groups in total. The highest BCUT2D eigenvalue weighted by Gasteiger charge is 2.12. The Kier molecular flexibility index (Phi) is 6.96. The largest absolute Gasteiger partial charge is 0.482 e. The van der Waals surface area contributed by atoms with Crippen molar-refractivity contribution in [1.82, 2.24) is 9.80 Å². The van der Waals surface area contributed by atoms with E-state index in [1.807, 2.05) is 0 Å². The lowest BCUT2D eigenvalue weighted by Crippen LogP contribution is -2.32. The van der Waals surface area contributed by atoms with Gasteiger partial charge in [0.25, 0.3) is 0 Å². The number of rotatable bonds is 6. The van der Waals surface area contributed by atoms with Gasteiger partial charge in [-0.15, -0.1) is 0 Å². The number of nitrogens with zero attached hydrogens (tertiary/aromatic N) is 2. The van der Waals surface area contributed by atoms with Gasteiger partial charge in [0.05, 0.1) is 0 Å². The molecule has 2 rings (SSSR count). The number of carbonyl (C=O) groups excluding carboxylic acids is 1. The maximum Gasteiger partial charge on any atom is 0.344 e. The van der Waals surface area contributed by atoms with Gasteiger partial charge in [0.2, 0.25) is 0 Å². The van der Waals surface area contributed by atoms with E-state index in [1.54, 1.807) is 24.3 Å². The van der Waals surface area contributed by atoms with Gasteiger partial charge in [-0.1, -0.05) is 11.6 Å². The molecule has 22 heavy (non-hydrogen) atoms. The van der Waals surface area contributed by atoms with Crippen LogP contribution in [-0.4, -0.2) is 68.8 Å². The minimum atomic E-state index is -0.345. The first kappa shape index (κ1) is 17.1. The number of ether oxygens (including phenoxy) is 2. The van der Waals surface area contributed by atoms with Crippen LogP contribution in [-0.2, 0) is 9.53 Å². The van der Waals surface area contributed by atoms with Crippen LogP contribution < -0.4 is 4.74 Å². The van der Waals surface area contributed by atoms with Crippen LogP contribution in [0.15, 0.2) is 24.3 Å². The lowest BCUT2D eigenvalue weighted by atomic mass is 10.3. The van der Waals surface area contributed by atoms with Crippen molar-refractivity contribution in [1.29, 1.82) is 0 Å². The van der Waals surface area contributed by atoms with Gasteiger partial charge in [-0.25, -0.2) is 4.79 Å². The van der Waals surface area contributed by atoms with Crippen molar-refractivity contribution < 1.29 is 14.3 Å². The van der Waals surface area contributed by atoms with Crippen LogP contribution in [0.5, 0.6) is 5.75 Å². The Labute approximate surface area is 136 Å². The molecule has 0 unspecified atom stereocenters. The van der Waals surface area contributed by atoms with Crippen LogP contribution in [0.25, 0.3) is 0 Å². The molecule has 0 atom stereocenters. The summed E-state index contributed by atoms with van der Waals surface area (Å²) >= 11 is 5.78. The van der Waals surface area contributed by atoms with E-state index >= 15 is 0 Å². The van der Waals surface area contributed by atoms with E-state index in [4.69, 9.17) is 21.1 Å². The zero-order chi connectivity index (χ0) is 15.8. The summed E-state index contributed by atoms with van der Waals surface area (Å²) in [6, 6.07) is 6.89. The van der Waals surface area contributed by atoms with Crippen LogP contribution >= 0.6 is 11.6 Å². The SMILES string of the molecule is CN1CCCN(CCOC(=O)COc2ccc(Cl)cc2)CC1. The zero-order valence-electron chi connectivity index (χ0n) is 13.0. The number of likely N-dealkylation sites (N-methyl/N-ethyl adjacent to an activating group) is 1. The summed E-state index contributed by atoms with van der Waals surface area (Å²) in [5.74, 6) is 0.263.